The molecule has 1 amide bonds. The normalized spacial score (nSPS) is 31.7. The summed E-state index contributed by atoms with van der Waals surface area (Å²) < 4.78 is 40.9. The highest BCUT2D eigenvalue weighted by Gasteiger charge is 2.74. The second-order valence-electron chi connectivity index (χ2n) is 21.8. The number of hydrogen-bond donors (Lipinski definition) is 5. The number of benzene rings is 2. The summed E-state index contributed by atoms with van der Waals surface area (Å²) in [5.41, 5.74) is -5.41. The third kappa shape index (κ3) is 13.3. The molecular weight excluding hydrogens is 979 g/mol. The van der Waals surface area contributed by atoms with Gasteiger partial charge in [-0.3, -0.25) is 14.4 Å². The number of carbonyl (C=O) groups is 5. The standard InChI is InChI=1S/C59H81NO16/c1-6-7-8-9-10-11-12-13-14-15-16-17-18-19-26-31-46-70-34-42(74-46)35-71-56(67)76-50(48(40-27-22-20-23-28-40)60-54(65)41-29-24-21-25-30-41)55(66)75-43-33-58(68)38(3)47(37(43)2)49(73-39(4)61)52(63)57(5)44(62)32-45-59(69,36-72-45)51(57)53(58)64/h13-14,20-25,27-30,38,42-46,48-51,53,62,64,68-69H,6-12,15-19,26,31-36H2,1-5H3,(H,60,65)/b14-13-/t38?,42?,43-,44-,45+,46?,48-,49+,50+,51-,53-,57+,58-,59-/m0/s1. The highest BCUT2D eigenvalue weighted by atomic mass is 16.8. The molecule has 2 heterocycles. The van der Waals surface area contributed by atoms with Crippen molar-refractivity contribution in [3.63, 3.8) is 0 Å². The van der Waals surface area contributed by atoms with E-state index < -0.39 is 120 Å². The third-order valence-electron chi connectivity index (χ3n) is 16.6. The minimum atomic E-state index is -2.31. The van der Waals surface area contributed by atoms with Gasteiger partial charge in [0.2, 0.25) is 6.10 Å². The second-order valence-corrected chi connectivity index (χ2v) is 21.8. The third-order valence-corrected chi connectivity index (χ3v) is 16.6. The summed E-state index contributed by atoms with van der Waals surface area (Å²) in [5, 5.41) is 51.9. The van der Waals surface area contributed by atoms with E-state index in [1.165, 1.54) is 59.3 Å². The van der Waals surface area contributed by atoms with Gasteiger partial charge in [-0.25, -0.2) is 9.59 Å². The molecule has 3 unspecified atom stereocenters. The number of carbonyl (C=O) groups excluding carboxylic acids is 5. The lowest BCUT2D eigenvalue weighted by atomic mass is 9.47. The van der Waals surface area contributed by atoms with Crippen LogP contribution in [-0.4, -0.2) is 130 Å². The first-order valence-electron chi connectivity index (χ1n) is 27.6. The number of ketones is 1. The number of aliphatic hydroxyl groups is 4. The van der Waals surface area contributed by atoms with E-state index in [2.05, 4.69) is 24.4 Å². The summed E-state index contributed by atoms with van der Waals surface area (Å²) in [7, 11) is 0. The van der Waals surface area contributed by atoms with Crippen molar-refractivity contribution < 1.29 is 77.6 Å². The Kier molecular flexibility index (Phi) is 20.5. The van der Waals surface area contributed by atoms with Gasteiger partial charge in [0.15, 0.2) is 18.2 Å². The van der Waals surface area contributed by atoms with E-state index >= 15 is 0 Å². The number of ether oxygens (including phenoxy) is 7. The monoisotopic (exact) mass is 1060 g/mol. The smallest absolute Gasteiger partial charge is 0.455 e. The van der Waals surface area contributed by atoms with Crippen LogP contribution in [0.1, 0.15) is 159 Å². The average molecular weight is 1060 g/mol. The Bertz CT molecular complexity index is 2340. The number of Topliss-reactive ketones (excluding diaryl/α,β-unsaturated/α-hetero) is 1. The van der Waals surface area contributed by atoms with E-state index in [1.54, 1.807) is 60.7 Å². The van der Waals surface area contributed by atoms with Crippen molar-refractivity contribution in [3.8, 4) is 0 Å². The minimum absolute atomic E-state index is 0.0137. The van der Waals surface area contributed by atoms with Crippen molar-refractivity contribution in [1.82, 2.24) is 5.32 Å². The van der Waals surface area contributed by atoms with Crippen molar-refractivity contribution in [2.24, 2.45) is 17.3 Å². The second kappa shape index (κ2) is 26.6. The van der Waals surface area contributed by atoms with Crippen LogP contribution in [0.4, 0.5) is 4.79 Å². The van der Waals surface area contributed by atoms with Gasteiger partial charge in [-0.05, 0) is 81.2 Å². The van der Waals surface area contributed by atoms with Gasteiger partial charge in [0.25, 0.3) is 5.91 Å². The summed E-state index contributed by atoms with van der Waals surface area (Å²) in [6.07, 6.45) is 7.99. The van der Waals surface area contributed by atoms with Crippen LogP contribution in [0.5, 0.6) is 0 Å². The molecule has 2 saturated heterocycles. The van der Waals surface area contributed by atoms with Crippen molar-refractivity contribution in [2.75, 3.05) is 19.8 Å². The van der Waals surface area contributed by atoms with Crippen LogP contribution >= 0.6 is 0 Å². The molecular formula is C59H81NO16. The number of amides is 1. The minimum Gasteiger partial charge on any atom is -0.455 e. The van der Waals surface area contributed by atoms with Crippen molar-refractivity contribution in [2.45, 2.75) is 204 Å². The van der Waals surface area contributed by atoms with E-state index in [0.29, 0.717) is 12.0 Å². The van der Waals surface area contributed by atoms with E-state index in [4.69, 9.17) is 33.2 Å². The molecule has 5 aliphatic rings. The zero-order valence-electron chi connectivity index (χ0n) is 44.9. The van der Waals surface area contributed by atoms with Crippen LogP contribution in [0.15, 0.2) is 84.0 Å². The fourth-order valence-corrected chi connectivity index (χ4v) is 12.1. The molecule has 2 saturated carbocycles. The molecule has 3 aliphatic carbocycles. The van der Waals surface area contributed by atoms with Gasteiger partial charge in [0.05, 0.1) is 36.9 Å². The number of unbranched alkanes of at least 4 members (excludes halogenated alkanes) is 11. The SMILES string of the molecule is CCCCCCCC/C=C\CCCCCCCC1OCC(COC(=O)O[C@@H](C(=O)O[C@H]2C[C@]3(O)C(C)C(=C2C)[C@@H](OC(C)=O)C(=O)[C@@]2(C)[C@H]([C@@H]3O)[C@]3(O)CO[C@@H]3C[C@@H]2O)[C@@H](NC(=O)c2ccccc2)c2ccccc2)O1. The first kappa shape index (κ1) is 58.7. The Morgan fingerprint density at radius 2 is 1.47 bits per heavy atom. The van der Waals surface area contributed by atoms with Gasteiger partial charge in [0.1, 0.15) is 36.1 Å². The summed E-state index contributed by atoms with van der Waals surface area (Å²) in [4.78, 5) is 70.5. The summed E-state index contributed by atoms with van der Waals surface area (Å²) in [6, 6.07) is 15.0. The van der Waals surface area contributed by atoms with Crippen LogP contribution < -0.4 is 5.32 Å². The van der Waals surface area contributed by atoms with Gasteiger partial charge in [-0.1, -0.05) is 126 Å². The summed E-state index contributed by atoms with van der Waals surface area (Å²) in [5.74, 6) is -6.25. The summed E-state index contributed by atoms with van der Waals surface area (Å²) >= 11 is 0. The molecule has 17 nitrogen and oxygen atoms in total. The molecule has 14 atom stereocenters. The molecule has 2 aliphatic heterocycles. The molecule has 17 heteroatoms. The van der Waals surface area contributed by atoms with E-state index in [1.807, 2.05) is 0 Å². The van der Waals surface area contributed by atoms with Crippen molar-refractivity contribution >= 4 is 29.8 Å². The Morgan fingerprint density at radius 1 is 0.842 bits per heavy atom. The topological polar surface area (TPSA) is 243 Å². The molecule has 0 spiro atoms. The number of fused-ring (bicyclic) bond motifs is 5. The number of esters is 2. The Balaban J connectivity index is 1.05. The molecule has 2 aromatic rings. The van der Waals surface area contributed by atoms with Crippen LogP contribution in [0, 0.1) is 17.3 Å². The fourth-order valence-electron chi connectivity index (χ4n) is 12.1. The molecule has 7 rings (SSSR count). The van der Waals surface area contributed by atoms with E-state index in [9.17, 15) is 44.4 Å². The Morgan fingerprint density at radius 3 is 2.11 bits per heavy atom. The molecule has 0 aromatic heterocycles. The highest BCUT2D eigenvalue weighted by Crippen LogP contribution is 2.60. The first-order valence-corrected chi connectivity index (χ1v) is 27.6. The zero-order chi connectivity index (χ0) is 54.6. The average Bonchev–Trinajstić information content (AvgIpc) is 3.87. The highest BCUT2D eigenvalue weighted by molar-refractivity contribution is 5.96. The maximum atomic E-state index is 15.0. The summed E-state index contributed by atoms with van der Waals surface area (Å²) in [6.45, 7) is 7.29. The molecule has 76 heavy (non-hydrogen) atoms. The van der Waals surface area contributed by atoms with Crippen LogP contribution in [0.25, 0.3) is 0 Å². The van der Waals surface area contributed by atoms with Gasteiger partial charge in [0, 0.05) is 37.2 Å². The van der Waals surface area contributed by atoms with Crippen LogP contribution in [0.3, 0.4) is 0 Å². The van der Waals surface area contributed by atoms with Gasteiger partial charge < -0.3 is 58.9 Å². The lowest BCUT2D eigenvalue weighted by molar-refractivity contribution is -0.341. The Hall–Kier alpha value is -5.01. The molecule has 418 valence electrons. The molecule has 4 fully saturated rings. The fraction of sp³-hybridized carbons (Fsp3) is 0.644. The Labute approximate surface area is 447 Å². The van der Waals surface area contributed by atoms with Gasteiger partial charge in [-0.2, -0.15) is 0 Å². The first-order chi connectivity index (χ1) is 36.4. The largest absolute Gasteiger partial charge is 0.509 e. The van der Waals surface area contributed by atoms with Gasteiger partial charge in [-0.15, -0.1) is 0 Å². The van der Waals surface area contributed by atoms with Crippen LogP contribution in [-0.2, 0) is 47.5 Å². The number of aliphatic hydroxyl groups excluding tert-OH is 2. The molecule has 5 N–H and O–H groups in total. The molecule has 2 aromatic carbocycles. The van der Waals surface area contributed by atoms with Crippen molar-refractivity contribution in [3.05, 3.63) is 95.1 Å². The molecule has 0 radical (unpaired) electrons. The lowest BCUT2D eigenvalue weighted by Crippen LogP contribution is -2.79. The number of allylic oxidation sites excluding steroid dienone is 2. The van der Waals surface area contributed by atoms with Crippen LogP contribution in [0.2, 0.25) is 0 Å². The van der Waals surface area contributed by atoms with Crippen molar-refractivity contribution in [1.29, 1.82) is 0 Å². The lowest BCUT2D eigenvalue weighted by Gasteiger charge is -2.65. The maximum Gasteiger partial charge on any atom is 0.509 e. The molecule has 2 bridgehead atoms. The maximum absolute atomic E-state index is 15.0. The van der Waals surface area contributed by atoms with Gasteiger partial charge >= 0.3 is 18.1 Å². The number of rotatable bonds is 25. The number of nitrogens with one attached hydrogen (secondary N) is 1. The predicted octanol–water partition coefficient (Wildman–Crippen LogP) is 7.85. The zero-order valence-corrected chi connectivity index (χ0v) is 44.9. The quantitative estimate of drug-likeness (QED) is 0.0275. The number of hydrogen-bond acceptors (Lipinski definition) is 16. The predicted molar refractivity (Wildman–Crippen MR) is 278 cm³/mol. The van der Waals surface area contributed by atoms with E-state index in [0.717, 1.165) is 51.9 Å². The van der Waals surface area contributed by atoms with E-state index in [-0.39, 0.29) is 43.0 Å².